The van der Waals surface area contributed by atoms with Crippen LogP contribution in [-0.2, 0) is 4.79 Å². The van der Waals surface area contributed by atoms with Gasteiger partial charge in [0.15, 0.2) is 5.13 Å². The van der Waals surface area contributed by atoms with Crippen molar-refractivity contribution in [2.45, 2.75) is 57.9 Å². The fraction of sp³-hybridized carbons (Fsp3) is 0.609. The van der Waals surface area contributed by atoms with Gasteiger partial charge in [-0.1, -0.05) is 29.7 Å². The molecule has 2 bridgehead atoms. The molecule has 5 rings (SSSR count). The SMILES string of the molecule is C=C(S/C=C(\N)c1sc(NC(=O)N2CCC[C@@]2(C)C(N)=O)nc1C)N1CC2CCC(CC2)C1. The van der Waals surface area contributed by atoms with Crippen LogP contribution in [0.3, 0.4) is 0 Å². The number of aromatic nitrogens is 1. The maximum Gasteiger partial charge on any atom is 0.324 e. The molecule has 1 aliphatic carbocycles. The van der Waals surface area contributed by atoms with Crippen LogP contribution in [0.2, 0.25) is 0 Å². The highest BCUT2D eigenvalue weighted by Crippen LogP contribution is 2.38. The van der Waals surface area contributed by atoms with Gasteiger partial charge >= 0.3 is 6.03 Å². The third kappa shape index (κ3) is 5.01. The first kappa shape index (κ1) is 23.9. The molecular formula is C23H34N6O2S2. The van der Waals surface area contributed by atoms with Gasteiger partial charge in [0.2, 0.25) is 5.91 Å². The number of amides is 3. The van der Waals surface area contributed by atoms with Crippen molar-refractivity contribution in [1.29, 1.82) is 0 Å². The molecule has 0 spiro atoms. The molecule has 4 aliphatic rings. The predicted molar refractivity (Wildman–Crippen MR) is 135 cm³/mol. The van der Waals surface area contributed by atoms with Gasteiger partial charge < -0.3 is 21.3 Å². The van der Waals surface area contributed by atoms with Crippen molar-refractivity contribution in [1.82, 2.24) is 14.8 Å². The van der Waals surface area contributed by atoms with Gasteiger partial charge in [-0.2, -0.15) is 0 Å². The number of carbonyl (C=O) groups is 2. The molecule has 1 aromatic heterocycles. The molecule has 3 aliphatic heterocycles. The van der Waals surface area contributed by atoms with E-state index in [-0.39, 0.29) is 6.03 Å². The van der Waals surface area contributed by atoms with Gasteiger partial charge in [-0.15, -0.1) is 0 Å². The molecule has 3 saturated heterocycles. The number of primary amides is 1. The minimum Gasteiger partial charge on any atom is -0.397 e. The topological polar surface area (TPSA) is 118 Å². The number of hydrogen-bond donors (Lipinski definition) is 3. The van der Waals surface area contributed by atoms with Crippen LogP contribution in [0.4, 0.5) is 9.93 Å². The Morgan fingerprint density at radius 3 is 2.48 bits per heavy atom. The van der Waals surface area contributed by atoms with Crippen LogP contribution >= 0.6 is 23.1 Å². The number of nitrogens with zero attached hydrogens (tertiary/aromatic N) is 3. The van der Waals surface area contributed by atoms with Crippen LogP contribution in [0.15, 0.2) is 17.0 Å². The van der Waals surface area contributed by atoms with Crippen molar-refractivity contribution in [3.8, 4) is 0 Å². The Morgan fingerprint density at radius 2 is 1.88 bits per heavy atom. The number of nitrogens with one attached hydrogen (secondary N) is 1. The van der Waals surface area contributed by atoms with Gasteiger partial charge in [0, 0.05) is 25.0 Å². The molecule has 4 fully saturated rings. The molecule has 3 amide bonds. The number of thiazole rings is 1. The molecule has 10 heteroatoms. The van der Waals surface area contributed by atoms with Gasteiger partial charge in [-0.05, 0) is 64.2 Å². The largest absolute Gasteiger partial charge is 0.397 e. The van der Waals surface area contributed by atoms with E-state index in [9.17, 15) is 9.59 Å². The molecule has 8 nitrogen and oxygen atoms in total. The van der Waals surface area contributed by atoms with Crippen LogP contribution in [0, 0.1) is 18.8 Å². The van der Waals surface area contributed by atoms with E-state index in [1.807, 2.05) is 12.3 Å². The Hall–Kier alpha value is -2.20. The monoisotopic (exact) mass is 490 g/mol. The van der Waals surface area contributed by atoms with E-state index in [2.05, 4.69) is 21.8 Å². The summed E-state index contributed by atoms with van der Waals surface area (Å²) in [6.07, 6.45) is 6.64. The number of thioether (sulfide) groups is 1. The van der Waals surface area contributed by atoms with E-state index in [0.717, 1.165) is 46.9 Å². The van der Waals surface area contributed by atoms with E-state index in [1.165, 1.54) is 41.9 Å². The number of nitrogens with two attached hydrogens (primary N) is 2. The molecule has 4 heterocycles. The number of rotatable bonds is 6. The molecule has 33 heavy (non-hydrogen) atoms. The highest BCUT2D eigenvalue weighted by Gasteiger charge is 2.44. The molecule has 1 aromatic rings. The van der Waals surface area contributed by atoms with Crippen molar-refractivity contribution < 1.29 is 9.59 Å². The lowest BCUT2D eigenvalue weighted by molar-refractivity contribution is -0.126. The van der Waals surface area contributed by atoms with Gasteiger partial charge in [-0.25, -0.2) is 9.78 Å². The summed E-state index contributed by atoms with van der Waals surface area (Å²) in [4.78, 5) is 33.9. The summed E-state index contributed by atoms with van der Waals surface area (Å²) < 4.78 is 0. The lowest BCUT2D eigenvalue weighted by atomic mass is 9.84. The molecule has 0 unspecified atom stereocenters. The van der Waals surface area contributed by atoms with Gasteiger partial charge in [0.25, 0.3) is 0 Å². The number of hydrogen-bond acceptors (Lipinski definition) is 7. The summed E-state index contributed by atoms with van der Waals surface area (Å²) >= 11 is 2.89. The van der Waals surface area contributed by atoms with Crippen LogP contribution in [0.25, 0.3) is 5.70 Å². The van der Waals surface area contributed by atoms with Crippen molar-refractivity contribution in [3.63, 3.8) is 0 Å². The zero-order valence-corrected chi connectivity index (χ0v) is 21.1. The number of fused-ring (bicyclic) bond motifs is 4. The summed E-state index contributed by atoms with van der Waals surface area (Å²) in [5, 5.41) is 6.23. The Bertz CT molecular complexity index is 954. The van der Waals surface area contributed by atoms with Crippen molar-refractivity contribution in [3.05, 3.63) is 27.6 Å². The fourth-order valence-corrected chi connectivity index (χ4v) is 6.82. The molecule has 0 radical (unpaired) electrons. The standard InChI is InChI=1S/C23H34N6O2S2/c1-14-19(18(24)13-32-15(2)28-11-16-5-6-17(12-28)8-7-16)33-21(26-14)27-22(31)29-10-4-9-23(29,3)20(25)30/h13,16-17H,2,4-12,24H2,1,3H3,(H2,25,30)(H,26,27,31)/b18-13-/t16?,17?,23-/m0/s1. The third-order valence-electron chi connectivity index (χ3n) is 7.29. The Kier molecular flexibility index (Phi) is 6.95. The number of carbonyl (C=O) groups excluding carboxylic acids is 2. The first-order valence-corrected chi connectivity index (χ1v) is 13.3. The number of likely N-dealkylation sites (tertiary alicyclic amines) is 1. The second kappa shape index (κ2) is 9.58. The first-order chi connectivity index (χ1) is 15.7. The summed E-state index contributed by atoms with van der Waals surface area (Å²) in [5.41, 5.74) is 12.3. The normalized spacial score (nSPS) is 27.5. The van der Waals surface area contributed by atoms with Crippen molar-refractivity contribution >= 4 is 45.9 Å². The highest BCUT2D eigenvalue weighted by molar-refractivity contribution is 8.05. The predicted octanol–water partition coefficient (Wildman–Crippen LogP) is 3.91. The van der Waals surface area contributed by atoms with Gasteiger partial charge in [0.1, 0.15) is 5.54 Å². The van der Waals surface area contributed by atoms with Gasteiger partial charge in [-0.3, -0.25) is 10.1 Å². The van der Waals surface area contributed by atoms with E-state index >= 15 is 0 Å². The van der Waals surface area contributed by atoms with Crippen LogP contribution in [0.1, 0.15) is 56.0 Å². The molecule has 1 saturated carbocycles. The number of urea groups is 1. The molecule has 180 valence electrons. The minimum atomic E-state index is -0.970. The zero-order valence-electron chi connectivity index (χ0n) is 19.4. The second-order valence-electron chi connectivity index (χ2n) is 9.63. The van der Waals surface area contributed by atoms with Crippen LogP contribution in [0.5, 0.6) is 0 Å². The van der Waals surface area contributed by atoms with Crippen LogP contribution < -0.4 is 16.8 Å². The lowest BCUT2D eigenvalue weighted by Crippen LogP contribution is -2.55. The maximum atomic E-state index is 12.8. The summed E-state index contributed by atoms with van der Waals surface area (Å²) in [7, 11) is 0. The lowest BCUT2D eigenvalue weighted by Gasteiger charge is -2.31. The van der Waals surface area contributed by atoms with E-state index < -0.39 is 11.4 Å². The Balaban J connectivity index is 1.39. The van der Waals surface area contributed by atoms with E-state index in [1.54, 1.807) is 18.7 Å². The Morgan fingerprint density at radius 1 is 1.24 bits per heavy atom. The quantitative estimate of drug-likeness (QED) is 0.557. The van der Waals surface area contributed by atoms with Crippen molar-refractivity contribution in [2.24, 2.45) is 23.3 Å². The fourth-order valence-electron chi connectivity index (χ4n) is 5.18. The highest BCUT2D eigenvalue weighted by atomic mass is 32.2. The van der Waals surface area contributed by atoms with Gasteiger partial charge in [0.05, 0.1) is 21.3 Å². The summed E-state index contributed by atoms with van der Waals surface area (Å²) in [6, 6.07) is -0.366. The van der Waals surface area contributed by atoms with E-state index in [0.29, 0.717) is 23.8 Å². The number of aryl methyl sites for hydroxylation is 1. The smallest absolute Gasteiger partial charge is 0.324 e. The van der Waals surface area contributed by atoms with E-state index in [4.69, 9.17) is 11.5 Å². The summed E-state index contributed by atoms with van der Waals surface area (Å²) in [5.74, 6) is 1.07. The average molecular weight is 491 g/mol. The second-order valence-corrected chi connectivity index (χ2v) is 11.6. The maximum absolute atomic E-state index is 12.8. The molecule has 0 aromatic carbocycles. The summed E-state index contributed by atoms with van der Waals surface area (Å²) in [6.45, 7) is 10.5. The van der Waals surface area contributed by atoms with Crippen molar-refractivity contribution in [2.75, 3.05) is 25.0 Å². The van der Waals surface area contributed by atoms with Crippen LogP contribution in [-0.4, -0.2) is 51.9 Å². The number of anilines is 1. The average Bonchev–Trinajstić information content (AvgIpc) is 3.20. The zero-order chi connectivity index (χ0) is 23.8. The third-order valence-corrected chi connectivity index (χ3v) is 9.31. The Labute approximate surface area is 203 Å². The molecular weight excluding hydrogens is 456 g/mol. The first-order valence-electron chi connectivity index (χ1n) is 11.6. The molecule has 1 atom stereocenters. The minimum absolute atomic E-state index is 0.366. The molecule has 5 N–H and O–H groups in total.